The van der Waals surface area contributed by atoms with Crippen molar-refractivity contribution in [3.05, 3.63) is 46.1 Å². The van der Waals surface area contributed by atoms with Crippen LogP contribution < -0.4 is 11.3 Å². The second kappa shape index (κ2) is 6.31. The molecule has 3 N–H and O–H groups in total. The van der Waals surface area contributed by atoms with Gasteiger partial charge in [-0.05, 0) is 35.0 Å². The summed E-state index contributed by atoms with van der Waals surface area (Å²) in [6.07, 6.45) is 0. The number of nitrogens with two attached hydrogens (primary N) is 1. The van der Waals surface area contributed by atoms with Crippen LogP contribution in [0.15, 0.2) is 33.6 Å². The van der Waals surface area contributed by atoms with Gasteiger partial charge in [0.2, 0.25) is 0 Å². The smallest absolute Gasteiger partial charge is 0.187 e. The van der Waals surface area contributed by atoms with Crippen LogP contribution in [-0.4, -0.2) is 9.97 Å². The van der Waals surface area contributed by atoms with E-state index in [9.17, 15) is 4.39 Å². The Kier molecular flexibility index (Phi) is 4.73. The molecular formula is C12H12BrFN4S. The van der Waals surface area contributed by atoms with Crippen molar-refractivity contribution >= 4 is 33.5 Å². The first-order valence-corrected chi connectivity index (χ1v) is 7.26. The monoisotopic (exact) mass is 342 g/mol. The quantitative estimate of drug-likeness (QED) is 0.507. The van der Waals surface area contributed by atoms with Crippen molar-refractivity contribution in [2.75, 3.05) is 5.43 Å². The van der Waals surface area contributed by atoms with Gasteiger partial charge in [0.15, 0.2) is 11.6 Å². The first-order chi connectivity index (χ1) is 9.11. The van der Waals surface area contributed by atoms with Crippen LogP contribution in [0.2, 0.25) is 0 Å². The minimum Gasteiger partial charge on any atom is -0.306 e. The van der Waals surface area contributed by atoms with E-state index in [1.165, 1.54) is 0 Å². The molecule has 1 aromatic carbocycles. The number of hydrogen-bond acceptors (Lipinski definition) is 5. The van der Waals surface area contributed by atoms with Crippen molar-refractivity contribution in [2.24, 2.45) is 5.84 Å². The lowest BCUT2D eigenvalue weighted by Gasteiger charge is -2.07. The first-order valence-electron chi connectivity index (χ1n) is 5.48. The van der Waals surface area contributed by atoms with E-state index in [4.69, 9.17) is 5.84 Å². The van der Waals surface area contributed by atoms with Gasteiger partial charge in [-0.15, -0.1) is 11.8 Å². The van der Waals surface area contributed by atoms with E-state index in [2.05, 4.69) is 31.3 Å². The standard InChI is InChI=1S/C12H12BrFN4S/c1-7-11(14)12(18-15)17-10(16-7)6-19-9-5-3-2-4-8(9)13/h2-5H,6,15H2,1H3,(H,16,17,18). The van der Waals surface area contributed by atoms with Crippen LogP contribution in [0, 0.1) is 12.7 Å². The van der Waals surface area contributed by atoms with E-state index >= 15 is 0 Å². The number of nitrogens with one attached hydrogen (secondary N) is 1. The summed E-state index contributed by atoms with van der Waals surface area (Å²) in [7, 11) is 0. The molecule has 2 rings (SSSR count). The molecule has 0 bridgehead atoms. The maximum Gasteiger partial charge on any atom is 0.187 e. The summed E-state index contributed by atoms with van der Waals surface area (Å²) in [5, 5.41) is 0. The van der Waals surface area contributed by atoms with E-state index in [1.807, 2.05) is 24.3 Å². The van der Waals surface area contributed by atoms with Crippen molar-refractivity contribution in [1.82, 2.24) is 9.97 Å². The molecule has 0 saturated heterocycles. The van der Waals surface area contributed by atoms with Gasteiger partial charge in [0.1, 0.15) is 5.82 Å². The molecule has 0 unspecified atom stereocenters. The maximum atomic E-state index is 13.5. The molecule has 0 atom stereocenters. The second-order valence-corrected chi connectivity index (χ2v) is 5.62. The maximum absolute atomic E-state index is 13.5. The average molecular weight is 343 g/mol. The van der Waals surface area contributed by atoms with Gasteiger partial charge >= 0.3 is 0 Å². The van der Waals surface area contributed by atoms with Crippen LogP contribution >= 0.6 is 27.7 Å². The topological polar surface area (TPSA) is 63.8 Å². The molecule has 7 heteroatoms. The van der Waals surface area contributed by atoms with Crippen LogP contribution in [0.4, 0.5) is 10.2 Å². The minimum absolute atomic E-state index is 0.0234. The molecule has 0 fully saturated rings. The molecule has 100 valence electrons. The van der Waals surface area contributed by atoms with Crippen LogP contribution in [0.5, 0.6) is 0 Å². The van der Waals surface area contributed by atoms with Crippen LogP contribution in [0.3, 0.4) is 0 Å². The van der Waals surface area contributed by atoms with Crippen molar-refractivity contribution in [3.63, 3.8) is 0 Å². The number of rotatable bonds is 4. The molecule has 19 heavy (non-hydrogen) atoms. The highest BCUT2D eigenvalue weighted by Crippen LogP contribution is 2.29. The van der Waals surface area contributed by atoms with E-state index in [0.717, 1.165) is 9.37 Å². The Balaban J connectivity index is 2.16. The average Bonchev–Trinajstić information content (AvgIpc) is 2.41. The second-order valence-electron chi connectivity index (χ2n) is 3.75. The van der Waals surface area contributed by atoms with Crippen LogP contribution in [-0.2, 0) is 5.75 Å². The van der Waals surface area contributed by atoms with Gasteiger partial charge in [-0.25, -0.2) is 20.2 Å². The molecule has 0 saturated carbocycles. The van der Waals surface area contributed by atoms with Gasteiger partial charge in [0, 0.05) is 9.37 Å². The molecule has 4 nitrogen and oxygen atoms in total. The number of nitrogen functional groups attached to an aromatic ring is 1. The third-order valence-corrected chi connectivity index (χ3v) is 4.42. The van der Waals surface area contributed by atoms with Gasteiger partial charge in [-0.2, -0.15) is 0 Å². The lowest BCUT2D eigenvalue weighted by atomic mass is 10.4. The summed E-state index contributed by atoms with van der Waals surface area (Å²) in [5.41, 5.74) is 2.52. The molecule has 0 spiro atoms. The number of aryl methyl sites for hydroxylation is 1. The molecule has 2 aromatic rings. The molecule has 0 amide bonds. The lowest BCUT2D eigenvalue weighted by molar-refractivity contribution is 0.602. The van der Waals surface area contributed by atoms with Crippen molar-refractivity contribution in [3.8, 4) is 0 Å². The van der Waals surface area contributed by atoms with Crippen molar-refractivity contribution < 1.29 is 4.39 Å². The predicted molar refractivity (Wildman–Crippen MR) is 78.2 cm³/mol. The van der Waals surface area contributed by atoms with Crippen LogP contribution in [0.1, 0.15) is 11.5 Å². The molecule has 0 radical (unpaired) electrons. The number of thioether (sulfide) groups is 1. The molecule has 0 aliphatic carbocycles. The van der Waals surface area contributed by atoms with Gasteiger partial charge < -0.3 is 5.43 Å². The summed E-state index contributed by atoms with van der Waals surface area (Å²) >= 11 is 5.04. The predicted octanol–water partition coefficient (Wildman–Crippen LogP) is 3.26. The van der Waals surface area contributed by atoms with E-state index in [-0.39, 0.29) is 11.5 Å². The SMILES string of the molecule is Cc1nc(CSc2ccccc2Br)nc(NN)c1F. The van der Waals surface area contributed by atoms with Gasteiger partial charge in [-0.3, -0.25) is 0 Å². The highest BCUT2D eigenvalue weighted by atomic mass is 79.9. The molecule has 1 heterocycles. The summed E-state index contributed by atoms with van der Waals surface area (Å²) in [4.78, 5) is 9.23. The Labute approximate surface area is 123 Å². The Morgan fingerprint density at radius 1 is 1.37 bits per heavy atom. The number of hydrazine groups is 1. The third kappa shape index (κ3) is 3.43. The van der Waals surface area contributed by atoms with E-state index in [1.54, 1.807) is 18.7 Å². The summed E-state index contributed by atoms with van der Waals surface area (Å²) in [6, 6.07) is 7.86. The highest BCUT2D eigenvalue weighted by molar-refractivity contribution is 9.10. The zero-order valence-electron chi connectivity index (χ0n) is 10.2. The van der Waals surface area contributed by atoms with Crippen LogP contribution in [0.25, 0.3) is 0 Å². The van der Waals surface area contributed by atoms with Gasteiger partial charge in [-0.1, -0.05) is 12.1 Å². The minimum atomic E-state index is -0.517. The van der Waals surface area contributed by atoms with Crippen molar-refractivity contribution in [2.45, 2.75) is 17.6 Å². The molecule has 0 aliphatic heterocycles. The zero-order chi connectivity index (χ0) is 13.8. The van der Waals surface area contributed by atoms with E-state index < -0.39 is 5.82 Å². The lowest BCUT2D eigenvalue weighted by Crippen LogP contribution is -2.13. The fourth-order valence-electron chi connectivity index (χ4n) is 1.48. The first kappa shape index (κ1) is 14.2. The fourth-order valence-corrected chi connectivity index (χ4v) is 2.90. The normalized spacial score (nSPS) is 10.5. The molecule has 0 aliphatic rings. The van der Waals surface area contributed by atoms with Gasteiger partial charge in [0.05, 0.1) is 11.4 Å². The van der Waals surface area contributed by atoms with E-state index in [0.29, 0.717) is 11.6 Å². The largest absolute Gasteiger partial charge is 0.306 e. The summed E-state index contributed by atoms with van der Waals surface area (Å²) < 4.78 is 14.5. The van der Waals surface area contributed by atoms with Crippen molar-refractivity contribution in [1.29, 1.82) is 0 Å². The zero-order valence-corrected chi connectivity index (χ0v) is 12.6. The fraction of sp³-hybridized carbons (Fsp3) is 0.167. The Bertz CT molecular complexity index is 594. The molecular weight excluding hydrogens is 331 g/mol. The summed E-state index contributed by atoms with van der Waals surface area (Å²) in [5.74, 6) is 5.81. The Morgan fingerprint density at radius 2 is 2.11 bits per heavy atom. The highest BCUT2D eigenvalue weighted by Gasteiger charge is 2.11. The summed E-state index contributed by atoms with van der Waals surface area (Å²) in [6.45, 7) is 1.59. The number of aromatic nitrogens is 2. The third-order valence-electron chi connectivity index (χ3n) is 2.39. The molecule has 1 aromatic heterocycles. The number of anilines is 1. The van der Waals surface area contributed by atoms with Gasteiger partial charge in [0.25, 0.3) is 0 Å². The number of benzene rings is 1. The number of halogens is 2. The Hall–Kier alpha value is -1.18. The number of nitrogens with zero attached hydrogens (tertiary/aromatic N) is 2. The Morgan fingerprint density at radius 3 is 2.79 bits per heavy atom. The number of hydrogen-bond donors (Lipinski definition) is 2.